The van der Waals surface area contributed by atoms with E-state index in [9.17, 15) is 18.0 Å². The molecule has 1 aliphatic heterocycles. The summed E-state index contributed by atoms with van der Waals surface area (Å²) in [6, 6.07) is 5.71. The molecular weight excluding hydrogens is 502 g/mol. The quantitative estimate of drug-likeness (QED) is 0.540. The zero-order chi connectivity index (χ0) is 22.8. The lowest BCUT2D eigenvalue weighted by Crippen LogP contribution is -2.45. The van der Waals surface area contributed by atoms with E-state index in [1.807, 2.05) is 22.8 Å². The number of amides is 2. The smallest absolute Gasteiger partial charge is 0.263 e. The van der Waals surface area contributed by atoms with Crippen molar-refractivity contribution in [3.63, 3.8) is 0 Å². The van der Waals surface area contributed by atoms with Gasteiger partial charge < -0.3 is 9.47 Å². The Hall–Kier alpha value is -1.78. The number of likely N-dealkylation sites (tertiary alicyclic amines) is 1. The first-order valence-electron chi connectivity index (χ1n) is 10.0. The minimum absolute atomic E-state index is 0.334. The third kappa shape index (κ3) is 6.14. The number of nitrogens with zero attached hydrogens (tertiary/aromatic N) is 3. The first kappa shape index (κ1) is 23.9. The topological polar surface area (TPSA) is 88.8 Å². The van der Waals surface area contributed by atoms with Crippen molar-refractivity contribution >= 4 is 59.1 Å². The van der Waals surface area contributed by atoms with Crippen molar-refractivity contribution in [1.29, 1.82) is 0 Å². The van der Waals surface area contributed by atoms with E-state index in [1.54, 1.807) is 11.0 Å². The highest BCUT2D eigenvalue weighted by atomic mass is 79.9. The van der Waals surface area contributed by atoms with E-state index >= 15 is 0 Å². The van der Waals surface area contributed by atoms with E-state index in [0.717, 1.165) is 21.1 Å². The van der Waals surface area contributed by atoms with Gasteiger partial charge in [0.05, 0.1) is 10.2 Å². The monoisotopic (exact) mass is 527 g/mol. The van der Waals surface area contributed by atoms with Crippen LogP contribution < -0.4 is 4.80 Å². The third-order valence-electron chi connectivity index (χ3n) is 5.09. The summed E-state index contributed by atoms with van der Waals surface area (Å²) in [7, 11) is -3.91. The van der Waals surface area contributed by atoms with Gasteiger partial charge >= 0.3 is 0 Å². The predicted molar refractivity (Wildman–Crippen MR) is 126 cm³/mol. The van der Waals surface area contributed by atoms with Crippen molar-refractivity contribution < 1.29 is 18.0 Å². The Morgan fingerprint density at radius 2 is 1.94 bits per heavy atom. The van der Waals surface area contributed by atoms with Gasteiger partial charge in [0.25, 0.3) is 5.91 Å². The van der Waals surface area contributed by atoms with Crippen LogP contribution in [0.15, 0.2) is 40.3 Å². The van der Waals surface area contributed by atoms with Crippen LogP contribution in [0.25, 0.3) is 10.2 Å². The van der Waals surface area contributed by atoms with Gasteiger partial charge in [0.1, 0.15) is 11.5 Å². The van der Waals surface area contributed by atoms with E-state index in [0.29, 0.717) is 36.3 Å². The van der Waals surface area contributed by atoms with Gasteiger partial charge in [-0.1, -0.05) is 47.2 Å². The Balaban J connectivity index is 1.77. The fraction of sp³-hybridized carbons (Fsp3) is 0.476. The standard InChI is InChI=1S/C21H26BrN3O4S2/c1-4-7-25-17-6-5-16(22)9-18(17)30-21(25)23-19(26)12-31(28,29)13-20(27)24-10-14(2)8-15(3)11-24/h4-6,9,14-15H,1,7-8,10-13H2,2-3H3. The molecule has 2 aromatic rings. The molecule has 1 aromatic carbocycles. The van der Waals surface area contributed by atoms with Gasteiger partial charge in [-0.2, -0.15) is 4.99 Å². The first-order valence-corrected chi connectivity index (χ1v) is 13.5. The van der Waals surface area contributed by atoms with E-state index < -0.39 is 33.2 Å². The summed E-state index contributed by atoms with van der Waals surface area (Å²) in [6.07, 6.45) is 2.71. The molecule has 0 N–H and O–H groups in total. The van der Waals surface area contributed by atoms with Crippen LogP contribution in [0.5, 0.6) is 0 Å². The number of allylic oxidation sites excluding steroid dienone is 1. The second-order valence-electron chi connectivity index (χ2n) is 8.18. The molecule has 168 valence electrons. The van der Waals surface area contributed by atoms with Gasteiger partial charge in [-0.15, -0.1) is 6.58 Å². The van der Waals surface area contributed by atoms with Crippen molar-refractivity contribution in [2.75, 3.05) is 24.6 Å². The van der Waals surface area contributed by atoms with Gasteiger partial charge in [0, 0.05) is 24.1 Å². The number of fused-ring (bicyclic) bond motifs is 1. The highest BCUT2D eigenvalue weighted by molar-refractivity contribution is 9.10. The molecule has 0 radical (unpaired) electrons. The van der Waals surface area contributed by atoms with E-state index in [1.165, 1.54) is 11.3 Å². The second kappa shape index (κ2) is 9.79. The number of carbonyl (C=O) groups is 2. The predicted octanol–water partition coefficient (Wildman–Crippen LogP) is 3.00. The van der Waals surface area contributed by atoms with Crippen molar-refractivity contribution in [3.05, 3.63) is 40.1 Å². The number of aromatic nitrogens is 1. The maximum atomic E-state index is 12.5. The Bertz CT molecular complexity index is 1170. The minimum Gasteiger partial charge on any atom is -0.341 e. The molecule has 3 rings (SSSR count). The van der Waals surface area contributed by atoms with Gasteiger partial charge in [-0.25, -0.2) is 8.42 Å². The fourth-order valence-electron chi connectivity index (χ4n) is 3.96. The molecule has 0 bridgehead atoms. The second-order valence-corrected chi connectivity index (χ2v) is 12.2. The maximum absolute atomic E-state index is 12.5. The molecule has 1 saturated heterocycles. The van der Waals surface area contributed by atoms with Crippen LogP contribution in [-0.2, 0) is 26.0 Å². The molecule has 0 saturated carbocycles. The Kier molecular flexibility index (Phi) is 7.54. The number of hydrogen-bond acceptors (Lipinski definition) is 5. The van der Waals surface area contributed by atoms with Gasteiger partial charge in [-0.3, -0.25) is 9.59 Å². The third-order valence-corrected chi connectivity index (χ3v) is 7.99. The number of hydrogen-bond donors (Lipinski definition) is 0. The van der Waals surface area contributed by atoms with Crippen molar-refractivity contribution in [2.45, 2.75) is 26.8 Å². The SMILES string of the molecule is C=CCn1c(=NC(=O)CS(=O)(=O)CC(=O)N2CC(C)CC(C)C2)sc2cc(Br)ccc21. The van der Waals surface area contributed by atoms with Crippen LogP contribution in [0.4, 0.5) is 0 Å². The number of halogens is 1. The molecule has 10 heteroatoms. The van der Waals surface area contributed by atoms with Crippen molar-refractivity contribution in [1.82, 2.24) is 9.47 Å². The van der Waals surface area contributed by atoms with Crippen molar-refractivity contribution in [2.24, 2.45) is 16.8 Å². The van der Waals surface area contributed by atoms with Crippen molar-refractivity contribution in [3.8, 4) is 0 Å². The average Bonchev–Trinajstić information content (AvgIpc) is 2.96. The molecular formula is C21H26BrN3O4S2. The van der Waals surface area contributed by atoms with Crippen LogP contribution >= 0.6 is 27.3 Å². The van der Waals surface area contributed by atoms with Crippen LogP contribution in [0.2, 0.25) is 0 Å². The molecule has 2 unspecified atom stereocenters. The van der Waals surface area contributed by atoms with Crippen LogP contribution in [0.3, 0.4) is 0 Å². The lowest BCUT2D eigenvalue weighted by atomic mass is 9.92. The van der Waals surface area contributed by atoms with Crippen LogP contribution in [-0.4, -0.2) is 54.3 Å². The van der Waals surface area contributed by atoms with Crippen LogP contribution in [0.1, 0.15) is 20.3 Å². The summed E-state index contributed by atoms with van der Waals surface area (Å²) in [5.41, 5.74) is 0.881. The first-order chi connectivity index (χ1) is 14.6. The number of thiazole rings is 1. The zero-order valence-electron chi connectivity index (χ0n) is 17.6. The summed E-state index contributed by atoms with van der Waals surface area (Å²) in [5, 5.41) is 0. The summed E-state index contributed by atoms with van der Waals surface area (Å²) in [6.45, 7) is 9.38. The molecule has 1 aromatic heterocycles. The summed E-state index contributed by atoms with van der Waals surface area (Å²) >= 11 is 4.72. The molecule has 1 aliphatic rings. The molecule has 31 heavy (non-hydrogen) atoms. The number of piperidine rings is 1. The normalized spacial score (nSPS) is 20.2. The van der Waals surface area contributed by atoms with E-state index in [-0.39, 0.29) is 0 Å². The molecule has 0 aliphatic carbocycles. The maximum Gasteiger partial charge on any atom is 0.263 e. The minimum atomic E-state index is -3.91. The zero-order valence-corrected chi connectivity index (χ0v) is 20.8. The Morgan fingerprint density at radius 1 is 1.26 bits per heavy atom. The van der Waals surface area contributed by atoms with Gasteiger partial charge in [0.2, 0.25) is 5.91 Å². The largest absolute Gasteiger partial charge is 0.341 e. The average molecular weight is 528 g/mol. The van der Waals surface area contributed by atoms with E-state index in [4.69, 9.17) is 0 Å². The van der Waals surface area contributed by atoms with Crippen LogP contribution in [0, 0.1) is 11.8 Å². The molecule has 2 amide bonds. The molecule has 0 spiro atoms. The number of carbonyl (C=O) groups excluding carboxylic acids is 2. The summed E-state index contributed by atoms with van der Waals surface area (Å²) in [4.78, 5) is 31.0. The highest BCUT2D eigenvalue weighted by Crippen LogP contribution is 2.23. The molecule has 7 nitrogen and oxygen atoms in total. The summed E-state index contributed by atoms with van der Waals surface area (Å²) < 4.78 is 28.7. The number of benzene rings is 1. The van der Waals surface area contributed by atoms with Gasteiger partial charge in [0.15, 0.2) is 14.6 Å². The molecule has 2 heterocycles. The lowest BCUT2D eigenvalue weighted by molar-refractivity contribution is -0.131. The lowest BCUT2D eigenvalue weighted by Gasteiger charge is -2.34. The Morgan fingerprint density at radius 3 is 2.58 bits per heavy atom. The fourth-order valence-corrected chi connectivity index (χ4v) is 6.67. The van der Waals surface area contributed by atoms with Gasteiger partial charge in [-0.05, 0) is 36.5 Å². The number of rotatable bonds is 6. The highest BCUT2D eigenvalue weighted by Gasteiger charge is 2.29. The number of sulfone groups is 1. The summed E-state index contributed by atoms with van der Waals surface area (Å²) in [5.74, 6) is -2.01. The molecule has 2 atom stereocenters. The molecule has 1 fully saturated rings. The van der Waals surface area contributed by atoms with E-state index in [2.05, 4.69) is 41.3 Å². The Labute approximate surface area is 194 Å².